The molecule has 2 aromatic rings. The monoisotopic (exact) mass is 339 g/mol. The summed E-state index contributed by atoms with van der Waals surface area (Å²) in [5.74, 6) is 0.693. The molecule has 0 saturated carbocycles. The van der Waals surface area contributed by atoms with Crippen molar-refractivity contribution in [3.8, 4) is 0 Å². The third-order valence-electron chi connectivity index (χ3n) is 5.14. The van der Waals surface area contributed by atoms with Crippen molar-refractivity contribution in [2.24, 2.45) is 0 Å². The average Bonchev–Trinajstić information content (AvgIpc) is 3.12. The third kappa shape index (κ3) is 5.45. The number of rotatable bonds is 9. The minimum atomic E-state index is 0.192. The molecular weight excluding hydrogens is 310 g/mol. The van der Waals surface area contributed by atoms with Gasteiger partial charge in [-0.3, -0.25) is 4.79 Å². The largest absolute Gasteiger partial charge is 0.356 e. The molecule has 0 fully saturated rings. The molecule has 1 aliphatic rings. The van der Waals surface area contributed by atoms with Crippen molar-refractivity contribution in [1.29, 1.82) is 0 Å². The van der Waals surface area contributed by atoms with Crippen molar-refractivity contribution in [3.63, 3.8) is 0 Å². The van der Waals surface area contributed by atoms with Crippen LogP contribution in [-0.4, -0.2) is 22.4 Å². The number of aromatic amines is 1. The Morgan fingerprint density at radius 3 is 2.96 bits per heavy atom. The molecule has 1 heterocycles. The van der Waals surface area contributed by atoms with Gasteiger partial charge in [0.1, 0.15) is 0 Å². The Balaban J connectivity index is 1.25. The van der Waals surface area contributed by atoms with Crippen LogP contribution in [0.5, 0.6) is 0 Å². The number of hydrogen-bond acceptors (Lipinski definition) is 2. The van der Waals surface area contributed by atoms with Gasteiger partial charge in [0.2, 0.25) is 5.91 Å². The summed E-state index contributed by atoms with van der Waals surface area (Å²) in [6.07, 6.45) is 11.3. The highest BCUT2D eigenvalue weighted by Gasteiger charge is 2.22. The summed E-state index contributed by atoms with van der Waals surface area (Å²) in [6, 6.07) is 10.6. The number of nitrogens with zero attached hydrogens (tertiary/aromatic N) is 1. The standard InChI is InChI=1S/C21H29N3O/c25-20(13-6-2-5-10-17-8-3-1-4-9-17)22-15-14-18-11-7-12-19-21(18)24-16-23-19/h1,3-4,8-9,16,18H,2,5-7,10-15H2,(H,22,25)(H,23,24). The van der Waals surface area contributed by atoms with Gasteiger partial charge in [-0.2, -0.15) is 0 Å². The van der Waals surface area contributed by atoms with Crippen molar-refractivity contribution < 1.29 is 4.79 Å². The number of hydrogen-bond donors (Lipinski definition) is 2. The Bertz CT molecular complexity index is 650. The smallest absolute Gasteiger partial charge is 0.219 e. The predicted octanol–water partition coefficient (Wildman–Crippen LogP) is 4.14. The maximum absolute atomic E-state index is 12.0. The molecule has 0 radical (unpaired) electrons. The molecule has 134 valence electrons. The van der Waals surface area contributed by atoms with E-state index in [1.54, 1.807) is 6.33 Å². The van der Waals surface area contributed by atoms with E-state index in [-0.39, 0.29) is 5.91 Å². The zero-order chi connectivity index (χ0) is 17.3. The van der Waals surface area contributed by atoms with E-state index in [2.05, 4.69) is 39.6 Å². The topological polar surface area (TPSA) is 57.8 Å². The number of fused-ring (bicyclic) bond motifs is 1. The average molecular weight is 339 g/mol. The number of unbranched alkanes of at least 4 members (excludes halogenated alkanes) is 2. The van der Waals surface area contributed by atoms with E-state index in [9.17, 15) is 4.79 Å². The number of benzene rings is 1. The summed E-state index contributed by atoms with van der Waals surface area (Å²) in [5.41, 5.74) is 3.90. The number of aromatic nitrogens is 2. The summed E-state index contributed by atoms with van der Waals surface area (Å²) in [7, 11) is 0. The highest BCUT2D eigenvalue weighted by atomic mass is 16.1. The van der Waals surface area contributed by atoms with Gasteiger partial charge in [-0.15, -0.1) is 0 Å². The van der Waals surface area contributed by atoms with E-state index in [1.165, 1.54) is 29.8 Å². The molecule has 1 aromatic carbocycles. The van der Waals surface area contributed by atoms with E-state index in [0.29, 0.717) is 12.3 Å². The zero-order valence-electron chi connectivity index (χ0n) is 15.0. The van der Waals surface area contributed by atoms with Crippen LogP contribution in [0.4, 0.5) is 0 Å². The first-order chi connectivity index (χ1) is 12.3. The number of carbonyl (C=O) groups is 1. The van der Waals surface area contributed by atoms with Crippen LogP contribution in [0.2, 0.25) is 0 Å². The lowest BCUT2D eigenvalue weighted by molar-refractivity contribution is -0.121. The van der Waals surface area contributed by atoms with Gasteiger partial charge in [0, 0.05) is 24.6 Å². The second-order valence-corrected chi connectivity index (χ2v) is 7.04. The van der Waals surface area contributed by atoms with Gasteiger partial charge in [0.25, 0.3) is 0 Å². The SMILES string of the molecule is O=C(CCCCCc1ccccc1)NCCC1CCCc2[nH]cnc21. The van der Waals surface area contributed by atoms with E-state index >= 15 is 0 Å². The van der Waals surface area contributed by atoms with Gasteiger partial charge in [-0.05, 0) is 50.5 Å². The lowest BCUT2D eigenvalue weighted by atomic mass is 9.87. The van der Waals surface area contributed by atoms with Crippen molar-refractivity contribution >= 4 is 5.91 Å². The molecule has 0 aliphatic heterocycles. The fourth-order valence-corrected chi connectivity index (χ4v) is 3.74. The quantitative estimate of drug-likeness (QED) is 0.675. The maximum atomic E-state index is 12.0. The van der Waals surface area contributed by atoms with Gasteiger partial charge in [-0.25, -0.2) is 4.98 Å². The van der Waals surface area contributed by atoms with E-state index in [4.69, 9.17) is 0 Å². The van der Waals surface area contributed by atoms with Crippen LogP contribution in [0.3, 0.4) is 0 Å². The Morgan fingerprint density at radius 1 is 1.20 bits per heavy atom. The van der Waals surface area contributed by atoms with Gasteiger partial charge in [-0.1, -0.05) is 36.8 Å². The van der Waals surface area contributed by atoms with Crippen molar-refractivity contribution in [1.82, 2.24) is 15.3 Å². The molecule has 4 nitrogen and oxygen atoms in total. The zero-order valence-corrected chi connectivity index (χ0v) is 15.0. The maximum Gasteiger partial charge on any atom is 0.219 e. The van der Waals surface area contributed by atoms with E-state index < -0.39 is 0 Å². The Kier molecular flexibility index (Phi) is 6.66. The van der Waals surface area contributed by atoms with Gasteiger partial charge in [0.05, 0.1) is 12.0 Å². The first-order valence-electron chi connectivity index (χ1n) is 9.65. The molecule has 0 spiro atoms. The van der Waals surface area contributed by atoms with Crippen LogP contribution in [0.15, 0.2) is 36.7 Å². The number of aryl methyl sites for hydroxylation is 2. The molecule has 1 amide bonds. The van der Waals surface area contributed by atoms with Crippen molar-refractivity contribution in [2.45, 2.75) is 63.7 Å². The normalized spacial score (nSPS) is 16.4. The highest BCUT2D eigenvalue weighted by molar-refractivity contribution is 5.75. The van der Waals surface area contributed by atoms with Crippen LogP contribution in [0.25, 0.3) is 0 Å². The minimum Gasteiger partial charge on any atom is -0.356 e. The summed E-state index contributed by atoms with van der Waals surface area (Å²) in [4.78, 5) is 19.7. The molecule has 1 atom stereocenters. The van der Waals surface area contributed by atoms with Gasteiger partial charge >= 0.3 is 0 Å². The molecular formula is C21H29N3O. The number of H-pyrrole nitrogens is 1. The van der Waals surface area contributed by atoms with Crippen LogP contribution < -0.4 is 5.32 Å². The van der Waals surface area contributed by atoms with Crippen LogP contribution in [0, 0.1) is 0 Å². The summed E-state index contributed by atoms with van der Waals surface area (Å²) < 4.78 is 0. The fraction of sp³-hybridized carbons (Fsp3) is 0.524. The van der Waals surface area contributed by atoms with Crippen LogP contribution in [-0.2, 0) is 17.6 Å². The van der Waals surface area contributed by atoms with Crippen molar-refractivity contribution in [2.75, 3.05) is 6.54 Å². The predicted molar refractivity (Wildman–Crippen MR) is 101 cm³/mol. The second-order valence-electron chi connectivity index (χ2n) is 7.04. The molecule has 3 rings (SSSR count). The lowest BCUT2D eigenvalue weighted by Crippen LogP contribution is -2.26. The molecule has 1 aromatic heterocycles. The van der Waals surface area contributed by atoms with Gasteiger partial charge < -0.3 is 10.3 Å². The number of amides is 1. The van der Waals surface area contributed by atoms with Gasteiger partial charge in [0.15, 0.2) is 0 Å². The summed E-state index contributed by atoms with van der Waals surface area (Å²) in [5, 5.41) is 3.08. The van der Waals surface area contributed by atoms with Crippen molar-refractivity contribution in [3.05, 3.63) is 53.6 Å². The lowest BCUT2D eigenvalue weighted by Gasteiger charge is -2.21. The molecule has 0 saturated heterocycles. The fourth-order valence-electron chi connectivity index (χ4n) is 3.74. The summed E-state index contributed by atoms with van der Waals surface area (Å²) in [6.45, 7) is 0.764. The van der Waals surface area contributed by atoms with E-state index in [0.717, 1.165) is 45.1 Å². The van der Waals surface area contributed by atoms with E-state index in [1.807, 2.05) is 6.07 Å². The Hall–Kier alpha value is -2.10. The van der Waals surface area contributed by atoms with Crippen LogP contribution in [0.1, 0.15) is 67.8 Å². The molecule has 25 heavy (non-hydrogen) atoms. The summed E-state index contributed by atoms with van der Waals surface area (Å²) >= 11 is 0. The number of nitrogens with one attached hydrogen (secondary N) is 2. The molecule has 1 aliphatic carbocycles. The highest BCUT2D eigenvalue weighted by Crippen LogP contribution is 2.31. The van der Waals surface area contributed by atoms with Crippen LogP contribution >= 0.6 is 0 Å². The molecule has 1 unspecified atom stereocenters. The number of imidazole rings is 1. The third-order valence-corrected chi connectivity index (χ3v) is 5.14. The first kappa shape index (κ1) is 17.7. The minimum absolute atomic E-state index is 0.192. The number of carbonyl (C=O) groups excluding carboxylic acids is 1. The Labute approximate surface area is 150 Å². The molecule has 2 N–H and O–H groups in total. The second kappa shape index (κ2) is 9.40. The molecule has 0 bridgehead atoms. The Morgan fingerprint density at radius 2 is 2.08 bits per heavy atom. The first-order valence-corrected chi connectivity index (χ1v) is 9.65. The molecule has 4 heteroatoms.